The van der Waals surface area contributed by atoms with Crippen LogP contribution in [-0.4, -0.2) is 57.5 Å². The molecule has 0 spiro atoms. The zero-order valence-corrected chi connectivity index (χ0v) is 12.8. The van der Waals surface area contributed by atoms with Crippen molar-refractivity contribution in [1.82, 2.24) is 10.2 Å². The van der Waals surface area contributed by atoms with Gasteiger partial charge in [-0.2, -0.15) is 0 Å². The monoisotopic (exact) mass is 312 g/mol. The van der Waals surface area contributed by atoms with Crippen LogP contribution >= 0.6 is 11.6 Å². The third-order valence-electron chi connectivity index (χ3n) is 3.69. The Balaban J connectivity index is 1.47. The van der Waals surface area contributed by atoms with Gasteiger partial charge in [-0.15, -0.1) is 0 Å². The van der Waals surface area contributed by atoms with Crippen LogP contribution in [0.5, 0.6) is 11.5 Å². The van der Waals surface area contributed by atoms with E-state index in [1.165, 1.54) is 0 Å². The summed E-state index contributed by atoms with van der Waals surface area (Å²) in [6, 6.07) is 3.94. The van der Waals surface area contributed by atoms with Crippen molar-refractivity contribution in [3.05, 3.63) is 22.7 Å². The molecule has 5 nitrogen and oxygen atoms in total. The fourth-order valence-corrected chi connectivity index (χ4v) is 2.85. The van der Waals surface area contributed by atoms with Gasteiger partial charge in [-0.25, -0.2) is 0 Å². The topological polar surface area (TPSA) is 43.0 Å². The second-order valence-corrected chi connectivity index (χ2v) is 5.64. The molecule has 0 aromatic heterocycles. The van der Waals surface area contributed by atoms with E-state index in [1.54, 1.807) is 0 Å². The SMILES string of the molecule is Clc1cc(CNCCN2CCOCC2)cc2c1OCCO2. The molecule has 116 valence electrons. The molecular weight excluding hydrogens is 292 g/mol. The van der Waals surface area contributed by atoms with Crippen molar-refractivity contribution in [1.29, 1.82) is 0 Å². The molecule has 1 aromatic rings. The second kappa shape index (κ2) is 7.31. The number of hydrogen-bond donors (Lipinski definition) is 1. The minimum Gasteiger partial charge on any atom is -0.486 e. The van der Waals surface area contributed by atoms with E-state index in [1.807, 2.05) is 12.1 Å². The fourth-order valence-electron chi connectivity index (χ4n) is 2.56. The van der Waals surface area contributed by atoms with Gasteiger partial charge in [0.15, 0.2) is 11.5 Å². The fraction of sp³-hybridized carbons (Fsp3) is 0.600. The van der Waals surface area contributed by atoms with E-state index < -0.39 is 0 Å². The van der Waals surface area contributed by atoms with Gasteiger partial charge in [-0.3, -0.25) is 4.90 Å². The van der Waals surface area contributed by atoms with Gasteiger partial charge in [0, 0.05) is 32.7 Å². The van der Waals surface area contributed by atoms with Gasteiger partial charge in [-0.1, -0.05) is 11.6 Å². The van der Waals surface area contributed by atoms with E-state index >= 15 is 0 Å². The van der Waals surface area contributed by atoms with Crippen LogP contribution in [0.4, 0.5) is 0 Å². The summed E-state index contributed by atoms with van der Waals surface area (Å²) in [5.41, 5.74) is 1.12. The number of morpholine rings is 1. The number of nitrogens with zero attached hydrogens (tertiary/aromatic N) is 1. The predicted molar refractivity (Wildman–Crippen MR) is 81.4 cm³/mol. The van der Waals surface area contributed by atoms with E-state index in [-0.39, 0.29) is 0 Å². The first kappa shape index (κ1) is 14.9. The average molecular weight is 313 g/mol. The Kier molecular flexibility index (Phi) is 5.19. The van der Waals surface area contributed by atoms with Gasteiger partial charge in [0.2, 0.25) is 0 Å². The number of ether oxygens (including phenoxy) is 3. The third kappa shape index (κ3) is 4.01. The highest BCUT2D eigenvalue weighted by Gasteiger charge is 2.16. The summed E-state index contributed by atoms with van der Waals surface area (Å²) in [6.45, 7) is 7.65. The lowest BCUT2D eigenvalue weighted by Crippen LogP contribution is -2.40. The maximum atomic E-state index is 6.23. The molecule has 2 aliphatic heterocycles. The summed E-state index contributed by atoms with van der Waals surface area (Å²) in [7, 11) is 0. The van der Waals surface area contributed by atoms with Crippen molar-refractivity contribution < 1.29 is 14.2 Å². The molecule has 0 radical (unpaired) electrons. The van der Waals surface area contributed by atoms with E-state index in [0.717, 1.165) is 57.3 Å². The van der Waals surface area contributed by atoms with Gasteiger partial charge in [0.25, 0.3) is 0 Å². The van der Waals surface area contributed by atoms with Gasteiger partial charge in [-0.05, 0) is 17.7 Å². The first-order valence-corrected chi connectivity index (χ1v) is 7.79. The van der Waals surface area contributed by atoms with Crippen LogP contribution in [0.15, 0.2) is 12.1 Å². The molecule has 1 fully saturated rings. The van der Waals surface area contributed by atoms with Gasteiger partial charge in [0.1, 0.15) is 13.2 Å². The zero-order chi connectivity index (χ0) is 14.5. The van der Waals surface area contributed by atoms with Crippen molar-refractivity contribution in [2.45, 2.75) is 6.54 Å². The molecule has 1 N–H and O–H groups in total. The second-order valence-electron chi connectivity index (χ2n) is 5.23. The average Bonchev–Trinajstić information content (AvgIpc) is 2.53. The Morgan fingerprint density at radius 3 is 2.76 bits per heavy atom. The molecule has 2 aliphatic rings. The maximum Gasteiger partial charge on any atom is 0.179 e. The van der Waals surface area contributed by atoms with Crippen LogP contribution in [0.2, 0.25) is 5.02 Å². The van der Waals surface area contributed by atoms with Crippen molar-refractivity contribution in [3.63, 3.8) is 0 Å². The summed E-state index contributed by atoms with van der Waals surface area (Å²) >= 11 is 6.23. The minimum absolute atomic E-state index is 0.559. The Hall–Kier alpha value is -1.01. The lowest BCUT2D eigenvalue weighted by Gasteiger charge is -2.26. The normalized spacial score (nSPS) is 18.7. The zero-order valence-electron chi connectivity index (χ0n) is 12.1. The number of rotatable bonds is 5. The molecule has 2 heterocycles. The Bertz CT molecular complexity index is 478. The molecule has 0 atom stereocenters. The number of fused-ring (bicyclic) bond motifs is 1. The van der Waals surface area contributed by atoms with Crippen LogP contribution in [-0.2, 0) is 11.3 Å². The molecule has 1 aromatic carbocycles. The van der Waals surface area contributed by atoms with Gasteiger partial charge < -0.3 is 19.5 Å². The maximum absolute atomic E-state index is 6.23. The molecule has 1 saturated heterocycles. The Morgan fingerprint density at radius 2 is 1.90 bits per heavy atom. The highest BCUT2D eigenvalue weighted by molar-refractivity contribution is 6.32. The number of hydrogen-bond acceptors (Lipinski definition) is 5. The van der Waals surface area contributed by atoms with Crippen molar-refractivity contribution in [2.24, 2.45) is 0 Å². The number of halogens is 1. The van der Waals surface area contributed by atoms with Crippen LogP contribution < -0.4 is 14.8 Å². The Morgan fingerprint density at radius 1 is 1.10 bits per heavy atom. The van der Waals surface area contributed by atoms with Crippen molar-refractivity contribution in [3.8, 4) is 11.5 Å². The van der Waals surface area contributed by atoms with E-state index in [4.69, 9.17) is 25.8 Å². The molecule has 6 heteroatoms. The number of benzene rings is 1. The van der Waals surface area contributed by atoms with Crippen LogP contribution in [0.25, 0.3) is 0 Å². The molecule has 0 bridgehead atoms. The summed E-state index contributed by atoms with van der Waals surface area (Å²) in [4.78, 5) is 2.41. The summed E-state index contributed by atoms with van der Waals surface area (Å²) in [5.74, 6) is 1.42. The van der Waals surface area contributed by atoms with Crippen LogP contribution in [0.1, 0.15) is 5.56 Å². The smallest absolute Gasteiger partial charge is 0.179 e. The largest absolute Gasteiger partial charge is 0.486 e. The highest BCUT2D eigenvalue weighted by Crippen LogP contribution is 2.38. The first-order chi connectivity index (χ1) is 10.3. The molecular formula is C15H21ClN2O3. The first-order valence-electron chi connectivity index (χ1n) is 7.42. The van der Waals surface area contributed by atoms with Crippen molar-refractivity contribution >= 4 is 11.6 Å². The lowest BCUT2D eigenvalue weighted by atomic mass is 10.2. The van der Waals surface area contributed by atoms with E-state index in [0.29, 0.717) is 24.0 Å². The highest BCUT2D eigenvalue weighted by atomic mass is 35.5. The summed E-state index contributed by atoms with van der Waals surface area (Å²) < 4.78 is 16.4. The summed E-state index contributed by atoms with van der Waals surface area (Å²) in [6.07, 6.45) is 0. The minimum atomic E-state index is 0.559. The van der Waals surface area contributed by atoms with Gasteiger partial charge in [0.05, 0.1) is 18.2 Å². The molecule has 3 rings (SSSR count). The molecule has 21 heavy (non-hydrogen) atoms. The van der Waals surface area contributed by atoms with Crippen LogP contribution in [0.3, 0.4) is 0 Å². The third-order valence-corrected chi connectivity index (χ3v) is 3.98. The lowest BCUT2D eigenvalue weighted by molar-refractivity contribution is 0.0384. The van der Waals surface area contributed by atoms with E-state index in [2.05, 4.69) is 10.2 Å². The molecule has 0 saturated carbocycles. The molecule has 0 unspecified atom stereocenters. The Labute approximate surface area is 130 Å². The van der Waals surface area contributed by atoms with Crippen LogP contribution in [0, 0.1) is 0 Å². The van der Waals surface area contributed by atoms with E-state index in [9.17, 15) is 0 Å². The quantitative estimate of drug-likeness (QED) is 0.835. The molecule has 0 aliphatic carbocycles. The predicted octanol–water partition coefficient (Wildman–Crippen LogP) is 1.53. The molecule has 0 amide bonds. The summed E-state index contributed by atoms with van der Waals surface area (Å²) in [5, 5.41) is 4.07. The van der Waals surface area contributed by atoms with Gasteiger partial charge >= 0.3 is 0 Å². The standard InChI is InChI=1S/C15H21ClN2O3/c16-13-9-12(10-14-15(13)21-8-7-20-14)11-17-1-2-18-3-5-19-6-4-18/h9-10,17H,1-8,11H2. The number of nitrogens with one attached hydrogen (secondary N) is 1. The van der Waals surface area contributed by atoms with Crippen molar-refractivity contribution in [2.75, 3.05) is 52.6 Å².